The van der Waals surface area contributed by atoms with Crippen molar-refractivity contribution in [3.63, 3.8) is 0 Å². The fourth-order valence-corrected chi connectivity index (χ4v) is 2.88. The maximum atomic E-state index is 11.2. The average Bonchev–Trinajstić information content (AvgIpc) is 2.55. The van der Waals surface area contributed by atoms with Crippen LogP contribution in [0.25, 0.3) is 0 Å². The SMILES string of the molecule is CCCCCCC(C)NC(=NC)NCc1ccc(S(N)(=O)=O)cc1. The fourth-order valence-electron chi connectivity index (χ4n) is 2.36. The summed E-state index contributed by atoms with van der Waals surface area (Å²) in [6.07, 6.45) is 6.13. The molecule has 136 valence electrons. The molecule has 1 aromatic rings. The Morgan fingerprint density at radius 1 is 1.21 bits per heavy atom. The molecule has 1 rings (SSSR count). The Morgan fingerprint density at radius 3 is 2.42 bits per heavy atom. The van der Waals surface area contributed by atoms with Crippen LogP contribution in [0.1, 0.15) is 51.5 Å². The minimum atomic E-state index is -3.64. The van der Waals surface area contributed by atoms with Crippen LogP contribution in [0, 0.1) is 0 Å². The number of nitrogens with one attached hydrogen (secondary N) is 2. The third-order valence-corrected chi connectivity index (χ3v) is 4.74. The Balaban J connectivity index is 2.43. The Bertz CT molecular complexity index is 612. The Hall–Kier alpha value is -1.60. The molecule has 0 saturated carbocycles. The molecule has 0 fully saturated rings. The van der Waals surface area contributed by atoms with Gasteiger partial charge in [0.1, 0.15) is 0 Å². The van der Waals surface area contributed by atoms with Crippen LogP contribution in [-0.2, 0) is 16.6 Å². The van der Waals surface area contributed by atoms with Gasteiger partial charge in [-0.1, -0.05) is 44.7 Å². The molecule has 0 aromatic heterocycles. The molecule has 0 aliphatic rings. The molecular formula is C17H30N4O2S. The molecule has 0 aliphatic heterocycles. The number of rotatable bonds is 9. The van der Waals surface area contributed by atoms with Crippen molar-refractivity contribution in [2.45, 2.75) is 63.4 Å². The normalized spacial score (nSPS) is 13.6. The van der Waals surface area contributed by atoms with E-state index in [1.54, 1.807) is 19.2 Å². The largest absolute Gasteiger partial charge is 0.354 e. The van der Waals surface area contributed by atoms with Gasteiger partial charge in [0.15, 0.2) is 5.96 Å². The maximum Gasteiger partial charge on any atom is 0.238 e. The van der Waals surface area contributed by atoms with Crippen LogP contribution in [-0.4, -0.2) is 27.5 Å². The number of nitrogens with two attached hydrogens (primary N) is 1. The highest BCUT2D eigenvalue weighted by Gasteiger charge is 2.08. The topological polar surface area (TPSA) is 96.6 Å². The van der Waals surface area contributed by atoms with Crippen molar-refractivity contribution < 1.29 is 8.42 Å². The van der Waals surface area contributed by atoms with Crippen molar-refractivity contribution in [2.75, 3.05) is 7.05 Å². The molecule has 0 spiro atoms. The second-order valence-electron chi connectivity index (χ2n) is 6.01. The van der Waals surface area contributed by atoms with Gasteiger partial charge in [-0.15, -0.1) is 0 Å². The van der Waals surface area contributed by atoms with E-state index in [2.05, 4.69) is 29.5 Å². The van der Waals surface area contributed by atoms with Crippen LogP contribution < -0.4 is 15.8 Å². The maximum absolute atomic E-state index is 11.2. The lowest BCUT2D eigenvalue weighted by molar-refractivity contribution is 0.537. The standard InChI is InChI=1S/C17H30N4O2S/c1-4-5-6-7-8-14(2)21-17(19-3)20-13-15-9-11-16(12-10-15)24(18,22)23/h9-12,14H,4-8,13H2,1-3H3,(H2,18,22,23)(H2,19,20,21). The van der Waals surface area contributed by atoms with Gasteiger partial charge in [-0.2, -0.15) is 0 Å². The van der Waals surface area contributed by atoms with Gasteiger partial charge >= 0.3 is 0 Å². The summed E-state index contributed by atoms with van der Waals surface area (Å²) >= 11 is 0. The van der Waals surface area contributed by atoms with Crippen molar-refractivity contribution in [3.8, 4) is 0 Å². The lowest BCUT2D eigenvalue weighted by atomic mass is 10.1. The molecule has 1 aromatic carbocycles. The van der Waals surface area contributed by atoms with E-state index in [9.17, 15) is 8.42 Å². The third-order valence-electron chi connectivity index (χ3n) is 3.81. The highest BCUT2D eigenvalue weighted by molar-refractivity contribution is 7.89. The number of primary sulfonamides is 1. The second-order valence-corrected chi connectivity index (χ2v) is 7.57. The Labute approximate surface area is 146 Å². The molecule has 0 aliphatic carbocycles. The first-order valence-electron chi connectivity index (χ1n) is 8.45. The average molecular weight is 355 g/mol. The summed E-state index contributed by atoms with van der Waals surface area (Å²) < 4.78 is 22.5. The summed E-state index contributed by atoms with van der Waals surface area (Å²) in [6, 6.07) is 6.87. The van der Waals surface area contributed by atoms with Gasteiger partial charge in [-0.05, 0) is 31.0 Å². The number of aliphatic imine (C=N–C) groups is 1. The van der Waals surface area contributed by atoms with E-state index in [1.807, 2.05) is 0 Å². The zero-order chi connectivity index (χ0) is 18.0. The zero-order valence-corrected chi connectivity index (χ0v) is 15.7. The number of hydrogen-bond acceptors (Lipinski definition) is 3. The van der Waals surface area contributed by atoms with Crippen LogP contribution >= 0.6 is 0 Å². The summed E-state index contributed by atoms with van der Waals surface area (Å²) in [5.74, 6) is 0.744. The zero-order valence-electron chi connectivity index (χ0n) is 14.9. The van der Waals surface area contributed by atoms with E-state index < -0.39 is 10.0 Å². The van der Waals surface area contributed by atoms with Crippen LogP contribution in [0.5, 0.6) is 0 Å². The van der Waals surface area contributed by atoms with Crippen molar-refractivity contribution >= 4 is 16.0 Å². The molecular weight excluding hydrogens is 324 g/mol. The van der Waals surface area contributed by atoms with Gasteiger partial charge in [0.05, 0.1) is 4.90 Å². The first-order chi connectivity index (χ1) is 11.4. The number of nitrogens with zero attached hydrogens (tertiary/aromatic N) is 1. The van der Waals surface area contributed by atoms with Gasteiger partial charge in [0.2, 0.25) is 10.0 Å². The summed E-state index contributed by atoms with van der Waals surface area (Å²) in [5.41, 5.74) is 0.959. The summed E-state index contributed by atoms with van der Waals surface area (Å²) in [6.45, 7) is 4.93. The fraction of sp³-hybridized carbons (Fsp3) is 0.588. The van der Waals surface area contributed by atoms with Crippen molar-refractivity contribution in [2.24, 2.45) is 10.1 Å². The van der Waals surface area contributed by atoms with E-state index >= 15 is 0 Å². The quantitative estimate of drug-likeness (QED) is 0.360. The number of sulfonamides is 1. The van der Waals surface area contributed by atoms with E-state index in [0.29, 0.717) is 12.6 Å². The van der Waals surface area contributed by atoms with E-state index in [-0.39, 0.29) is 4.90 Å². The third kappa shape index (κ3) is 7.79. The van der Waals surface area contributed by atoms with Crippen molar-refractivity contribution in [1.82, 2.24) is 10.6 Å². The minimum Gasteiger partial charge on any atom is -0.354 e. The van der Waals surface area contributed by atoms with Gasteiger partial charge in [-0.25, -0.2) is 13.6 Å². The van der Waals surface area contributed by atoms with Gasteiger partial charge < -0.3 is 10.6 Å². The van der Waals surface area contributed by atoms with E-state index in [1.165, 1.54) is 37.8 Å². The number of unbranched alkanes of at least 4 members (excludes halogenated alkanes) is 3. The second kappa shape index (κ2) is 10.3. The van der Waals surface area contributed by atoms with Crippen LogP contribution in [0.2, 0.25) is 0 Å². The summed E-state index contributed by atoms with van der Waals surface area (Å²) in [7, 11) is -1.90. The highest BCUT2D eigenvalue weighted by Crippen LogP contribution is 2.08. The monoisotopic (exact) mass is 354 g/mol. The first-order valence-corrected chi connectivity index (χ1v) is 10.0. The molecule has 0 bridgehead atoms. The smallest absolute Gasteiger partial charge is 0.238 e. The lowest BCUT2D eigenvalue weighted by Gasteiger charge is -2.18. The van der Waals surface area contributed by atoms with E-state index in [0.717, 1.165) is 17.9 Å². The number of benzene rings is 1. The predicted molar refractivity (Wildman–Crippen MR) is 99.4 cm³/mol. The molecule has 6 nitrogen and oxygen atoms in total. The summed E-state index contributed by atoms with van der Waals surface area (Å²) in [4.78, 5) is 4.34. The highest BCUT2D eigenvalue weighted by atomic mass is 32.2. The Morgan fingerprint density at radius 2 is 1.88 bits per heavy atom. The van der Waals surface area contributed by atoms with Crippen molar-refractivity contribution in [3.05, 3.63) is 29.8 Å². The molecule has 0 saturated heterocycles. The van der Waals surface area contributed by atoms with Gasteiger partial charge in [0, 0.05) is 19.6 Å². The number of hydrogen-bond donors (Lipinski definition) is 3. The predicted octanol–water partition coefficient (Wildman–Crippen LogP) is 2.36. The molecule has 1 unspecified atom stereocenters. The summed E-state index contributed by atoms with van der Waals surface area (Å²) in [5, 5.41) is 11.7. The molecule has 7 heteroatoms. The van der Waals surface area contributed by atoms with Crippen molar-refractivity contribution in [1.29, 1.82) is 0 Å². The van der Waals surface area contributed by atoms with Gasteiger partial charge in [-0.3, -0.25) is 4.99 Å². The van der Waals surface area contributed by atoms with Crippen LogP contribution in [0.4, 0.5) is 0 Å². The Kier molecular flexibility index (Phi) is 8.78. The molecule has 24 heavy (non-hydrogen) atoms. The molecule has 0 amide bonds. The lowest BCUT2D eigenvalue weighted by Crippen LogP contribution is -2.41. The molecule has 1 atom stereocenters. The van der Waals surface area contributed by atoms with Gasteiger partial charge in [0.25, 0.3) is 0 Å². The van der Waals surface area contributed by atoms with Crippen LogP contribution in [0.15, 0.2) is 34.2 Å². The van der Waals surface area contributed by atoms with E-state index in [4.69, 9.17) is 5.14 Å². The molecule has 0 radical (unpaired) electrons. The number of guanidine groups is 1. The minimum absolute atomic E-state index is 0.120. The molecule has 0 heterocycles. The first kappa shape index (κ1) is 20.4. The molecule has 4 N–H and O–H groups in total. The van der Waals surface area contributed by atoms with Crippen LogP contribution in [0.3, 0.4) is 0 Å².